The first-order chi connectivity index (χ1) is 13.2. The Morgan fingerprint density at radius 1 is 1.11 bits per heavy atom. The largest absolute Gasteiger partial charge is 0.365 e. The van der Waals surface area contributed by atoms with Crippen LogP contribution in [0.25, 0.3) is 10.9 Å². The molecule has 0 amide bonds. The highest BCUT2D eigenvalue weighted by Gasteiger charge is 2.07. The molecule has 2 aromatic heterocycles. The number of hydrogen-bond donors (Lipinski definition) is 2. The van der Waals surface area contributed by atoms with E-state index in [0.717, 1.165) is 17.5 Å². The number of rotatable bonds is 6. The molecule has 6 heteroatoms. The molecule has 136 valence electrons. The smallest absolute Gasteiger partial charge is 0.293 e. The molecule has 27 heavy (non-hydrogen) atoms. The Morgan fingerprint density at radius 3 is 2.78 bits per heavy atom. The van der Waals surface area contributed by atoms with Crippen molar-refractivity contribution in [3.8, 4) is 0 Å². The highest BCUT2D eigenvalue weighted by molar-refractivity contribution is 6.30. The maximum Gasteiger partial charge on any atom is 0.293 e. The highest BCUT2D eigenvalue weighted by atomic mass is 35.5. The number of H-pyrrole nitrogens is 1. The second kappa shape index (κ2) is 7.68. The zero-order valence-electron chi connectivity index (χ0n) is 14.7. The van der Waals surface area contributed by atoms with Gasteiger partial charge in [-0.15, -0.1) is 0 Å². The lowest BCUT2D eigenvalue weighted by Gasteiger charge is -2.09. The van der Waals surface area contributed by atoms with Crippen LogP contribution in [0.1, 0.15) is 11.1 Å². The van der Waals surface area contributed by atoms with E-state index >= 15 is 0 Å². The third-order valence-electron chi connectivity index (χ3n) is 4.54. The molecule has 0 aliphatic heterocycles. The van der Waals surface area contributed by atoms with Crippen molar-refractivity contribution in [3.63, 3.8) is 0 Å². The van der Waals surface area contributed by atoms with Crippen LogP contribution in [0.5, 0.6) is 0 Å². The van der Waals surface area contributed by atoms with E-state index < -0.39 is 0 Å². The Balaban J connectivity index is 1.45. The van der Waals surface area contributed by atoms with Gasteiger partial charge < -0.3 is 14.9 Å². The average Bonchev–Trinajstić information content (AvgIpc) is 3.10. The van der Waals surface area contributed by atoms with E-state index in [1.165, 1.54) is 10.9 Å². The second-order valence-electron chi connectivity index (χ2n) is 6.37. The van der Waals surface area contributed by atoms with Crippen LogP contribution in [0, 0.1) is 0 Å². The van der Waals surface area contributed by atoms with Crippen LogP contribution in [-0.4, -0.2) is 21.1 Å². The Bertz CT molecular complexity index is 1110. The van der Waals surface area contributed by atoms with E-state index in [9.17, 15) is 4.79 Å². The lowest BCUT2D eigenvalue weighted by molar-refractivity contribution is 0.748. The van der Waals surface area contributed by atoms with Crippen LogP contribution in [0.15, 0.2) is 71.9 Å². The fourth-order valence-corrected chi connectivity index (χ4v) is 3.26. The van der Waals surface area contributed by atoms with Crippen LogP contribution in [0.4, 0.5) is 5.82 Å². The number of anilines is 1. The van der Waals surface area contributed by atoms with Crippen LogP contribution >= 0.6 is 11.6 Å². The standard InChI is InChI=1S/C21H19ClN4O/c22-17-7-5-15(6-8-17)14-26-12-11-24-20(21(26)27)23-10-9-16-13-25-19-4-2-1-3-18(16)19/h1-8,11-13,25H,9-10,14H2,(H,23,24). The molecule has 2 heterocycles. The topological polar surface area (TPSA) is 62.7 Å². The third kappa shape index (κ3) is 3.88. The summed E-state index contributed by atoms with van der Waals surface area (Å²) < 4.78 is 1.64. The molecule has 0 atom stereocenters. The van der Waals surface area contributed by atoms with E-state index in [4.69, 9.17) is 11.6 Å². The second-order valence-corrected chi connectivity index (χ2v) is 6.81. The van der Waals surface area contributed by atoms with Gasteiger partial charge >= 0.3 is 0 Å². The van der Waals surface area contributed by atoms with Crippen LogP contribution < -0.4 is 10.9 Å². The van der Waals surface area contributed by atoms with E-state index in [-0.39, 0.29) is 5.56 Å². The summed E-state index contributed by atoms with van der Waals surface area (Å²) in [6.07, 6.45) is 6.16. The van der Waals surface area contributed by atoms with Crippen LogP contribution in [-0.2, 0) is 13.0 Å². The molecule has 0 aliphatic carbocycles. The molecule has 0 fully saturated rings. The van der Waals surface area contributed by atoms with Gasteiger partial charge in [0, 0.05) is 41.1 Å². The minimum Gasteiger partial charge on any atom is -0.365 e. The minimum atomic E-state index is -0.133. The molecule has 2 N–H and O–H groups in total. The van der Waals surface area contributed by atoms with Crippen molar-refractivity contribution >= 4 is 28.3 Å². The first-order valence-corrected chi connectivity index (χ1v) is 9.17. The van der Waals surface area contributed by atoms with Crippen molar-refractivity contribution in [2.24, 2.45) is 0 Å². The predicted molar refractivity (Wildman–Crippen MR) is 110 cm³/mol. The molecule has 0 radical (unpaired) electrons. The van der Waals surface area contributed by atoms with Crippen LogP contribution in [0.3, 0.4) is 0 Å². The van der Waals surface area contributed by atoms with Gasteiger partial charge in [0.25, 0.3) is 5.56 Å². The summed E-state index contributed by atoms with van der Waals surface area (Å²) in [5.74, 6) is 0.367. The molecule has 0 unspecified atom stereocenters. The third-order valence-corrected chi connectivity index (χ3v) is 4.79. The molecule has 0 spiro atoms. The molecule has 5 nitrogen and oxygen atoms in total. The molecule has 0 bridgehead atoms. The monoisotopic (exact) mass is 378 g/mol. The number of fused-ring (bicyclic) bond motifs is 1. The summed E-state index contributed by atoms with van der Waals surface area (Å²) in [5.41, 5.74) is 3.22. The molecule has 4 rings (SSSR count). The van der Waals surface area contributed by atoms with E-state index in [2.05, 4.69) is 27.4 Å². The molecule has 0 saturated heterocycles. The number of nitrogens with zero attached hydrogens (tertiary/aromatic N) is 2. The van der Waals surface area contributed by atoms with Crippen LogP contribution in [0.2, 0.25) is 5.02 Å². The van der Waals surface area contributed by atoms with Gasteiger partial charge in [-0.2, -0.15) is 0 Å². The zero-order valence-corrected chi connectivity index (χ0v) is 15.4. The van der Waals surface area contributed by atoms with Crippen molar-refractivity contribution in [1.29, 1.82) is 0 Å². The van der Waals surface area contributed by atoms with Gasteiger partial charge in [0.2, 0.25) is 0 Å². The number of aromatic amines is 1. The predicted octanol–water partition coefficient (Wildman–Crippen LogP) is 4.08. The quantitative estimate of drug-likeness (QED) is 0.531. The number of halogens is 1. The molecule has 0 saturated carbocycles. The van der Waals surface area contributed by atoms with Crippen molar-refractivity contribution in [3.05, 3.63) is 93.6 Å². The zero-order chi connectivity index (χ0) is 18.6. The van der Waals surface area contributed by atoms with Gasteiger partial charge in [0.15, 0.2) is 5.82 Å². The minimum absolute atomic E-state index is 0.133. The van der Waals surface area contributed by atoms with Gasteiger partial charge in [-0.3, -0.25) is 4.79 Å². The Morgan fingerprint density at radius 2 is 1.93 bits per heavy atom. The molecular weight excluding hydrogens is 360 g/mol. The SMILES string of the molecule is O=c1c(NCCc2c[nH]c3ccccc23)nccn1Cc1ccc(Cl)cc1. The summed E-state index contributed by atoms with van der Waals surface area (Å²) >= 11 is 5.92. The first kappa shape index (κ1) is 17.4. The van der Waals surface area contributed by atoms with Gasteiger partial charge in [-0.05, 0) is 35.7 Å². The van der Waals surface area contributed by atoms with E-state index in [1.807, 2.05) is 42.6 Å². The lowest BCUT2D eigenvalue weighted by Crippen LogP contribution is -2.25. The molecule has 2 aromatic carbocycles. The first-order valence-electron chi connectivity index (χ1n) is 8.79. The van der Waals surface area contributed by atoms with E-state index in [0.29, 0.717) is 23.9 Å². The van der Waals surface area contributed by atoms with E-state index in [1.54, 1.807) is 17.0 Å². The van der Waals surface area contributed by atoms with Gasteiger partial charge in [-0.25, -0.2) is 4.98 Å². The fourth-order valence-electron chi connectivity index (χ4n) is 3.13. The van der Waals surface area contributed by atoms with Crippen molar-refractivity contribution < 1.29 is 0 Å². The van der Waals surface area contributed by atoms with Crippen molar-refractivity contribution in [2.75, 3.05) is 11.9 Å². The molecule has 4 aromatic rings. The molecular formula is C21H19ClN4O. The van der Waals surface area contributed by atoms with Gasteiger partial charge in [0.05, 0.1) is 6.54 Å². The average molecular weight is 379 g/mol. The number of nitrogens with one attached hydrogen (secondary N) is 2. The van der Waals surface area contributed by atoms with Gasteiger partial charge in [0.1, 0.15) is 0 Å². The van der Waals surface area contributed by atoms with Crippen molar-refractivity contribution in [1.82, 2.24) is 14.5 Å². The normalized spacial score (nSPS) is 11.0. The fraction of sp³-hybridized carbons (Fsp3) is 0.143. The number of hydrogen-bond acceptors (Lipinski definition) is 3. The number of aromatic nitrogens is 3. The maximum absolute atomic E-state index is 12.7. The lowest BCUT2D eigenvalue weighted by atomic mass is 10.1. The highest BCUT2D eigenvalue weighted by Crippen LogP contribution is 2.18. The summed E-state index contributed by atoms with van der Waals surface area (Å²) in [7, 11) is 0. The summed E-state index contributed by atoms with van der Waals surface area (Å²) in [6.45, 7) is 1.12. The Kier molecular flexibility index (Phi) is 4.94. The Hall–Kier alpha value is -3.05. The summed E-state index contributed by atoms with van der Waals surface area (Å²) in [5, 5.41) is 5.06. The summed E-state index contributed by atoms with van der Waals surface area (Å²) in [4.78, 5) is 20.1. The summed E-state index contributed by atoms with van der Waals surface area (Å²) in [6, 6.07) is 15.7. The number of benzene rings is 2. The Labute approximate surface area is 161 Å². The maximum atomic E-state index is 12.7. The van der Waals surface area contributed by atoms with Gasteiger partial charge in [-0.1, -0.05) is 41.9 Å². The number of para-hydroxylation sites is 1. The van der Waals surface area contributed by atoms with Crippen molar-refractivity contribution in [2.45, 2.75) is 13.0 Å². The molecule has 0 aliphatic rings.